The zero-order valence-corrected chi connectivity index (χ0v) is 11.3. The lowest BCUT2D eigenvalue weighted by Crippen LogP contribution is -2.39. The third kappa shape index (κ3) is 2.36. The van der Waals surface area contributed by atoms with E-state index in [1.54, 1.807) is 11.8 Å². The predicted octanol–water partition coefficient (Wildman–Crippen LogP) is 0.238. The van der Waals surface area contributed by atoms with Gasteiger partial charge in [0.1, 0.15) is 6.04 Å². The van der Waals surface area contributed by atoms with Crippen molar-refractivity contribution in [1.82, 2.24) is 9.80 Å². The van der Waals surface area contributed by atoms with Crippen molar-refractivity contribution in [3.05, 3.63) is 0 Å². The van der Waals surface area contributed by atoms with Crippen molar-refractivity contribution in [3.63, 3.8) is 0 Å². The molecule has 2 fully saturated rings. The monoisotopic (exact) mass is 274 g/mol. The van der Waals surface area contributed by atoms with E-state index in [-0.39, 0.29) is 36.0 Å². The van der Waals surface area contributed by atoms with Crippen LogP contribution in [0.3, 0.4) is 0 Å². The van der Waals surface area contributed by atoms with E-state index in [0.717, 1.165) is 17.7 Å². The average Bonchev–Trinajstić information content (AvgIpc) is 2.61. The summed E-state index contributed by atoms with van der Waals surface area (Å²) in [6, 6.07) is -0.674. The van der Waals surface area contributed by atoms with Crippen molar-refractivity contribution in [2.24, 2.45) is 0 Å². The Morgan fingerprint density at radius 3 is 2.61 bits per heavy atom. The van der Waals surface area contributed by atoms with Crippen molar-refractivity contribution in [3.8, 4) is 0 Å². The molecule has 0 aromatic rings. The minimum Gasteiger partial charge on any atom is -0.312 e. The second kappa shape index (κ2) is 4.87. The zero-order chi connectivity index (χ0) is 13.3. The molecular weight excluding hydrogens is 256 g/mol. The Hall–Kier alpha value is -1.11. The Bertz CT molecular complexity index is 436. The zero-order valence-electron chi connectivity index (χ0n) is 10.5. The first-order chi connectivity index (χ1) is 8.46. The molecule has 18 heavy (non-hydrogen) atoms. The number of urea groups is 1. The maximum Gasteiger partial charge on any atom is 0.327 e. The van der Waals surface area contributed by atoms with Crippen molar-refractivity contribution >= 4 is 21.8 Å². The van der Waals surface area contributed by atoms with Crippen LogP contribution in [0.2, 0.25) is 0 Å². The lowest BCUT2D eigenvalue weighted by molar-refractivity contribution is -0.128. The van der Waals surface area contributed by atoms with E-state index in [1.165, 1.54) is 0 Å². The molecule has 0 saturated carbocycles. The maximum absolute atomic E-state index is 12.0. The van der Waals surface area contributed by atoms with E-state index in [4.69, 9.17) is 0 Å². The van der Waals surface area contributed by atoms with Gasteiger partial charge in [0, 0.05) is 18.8 Å². The summed E-state index contributed by atoms with van der Waals surface area (Å²) in [6.45, 7) is 2.15. The van der Waals surface area contributed by atoms with Crippen LogP contribution in [0.1, 0.15) is 26.2 Å². The van der Waals surface area contributed by atoms with Gasteiger partial charge in [-0.15, -0.1) is 0 Å². The topological polar surface area (TPSA) is 74.8 Å². The summed E-state index contributed by atoms with van der Waals surface area (Å²) in [7, 11) is -3.15. The minimum absolute atomic E-state index is 0.0131. The molecule has 0 spiro atoms. The van der Waals surface area contributed by atoms with Crippen LogP contribution in [0.25, 0.3) is 0 Å². The van der Waals surface area contributed by atoms with Gasteiger partial charge in [0.15, 0.2) is 9.84 Å². The Balaban J connectivity index is 2.05. The molecule has 0 aliphatic carbocycles. The normalized spacial score (nSPS) is 24.6. The lowest BCUT2D eigenvalue weighted by atomic mass is 10.0. The van der Waals surface area contributed by atoms with Crippen LogP contribution in [0.5, 0.6) is 0 Å². The number of rotatable bonds is 4. The highest BCUT2D eigenvalue weighted by Crippen LogP contribution is 2.26. The molecule has 0 aromatic heterocycles. The van der Waals surface area contributed by atoms with Crippen molar-refractivity contribution in [2.45, 2.75) is 32.2 Å². The average molecular weight is 274 g/mol. The number of fused-ring (bicyclic) bond motifs is 1. The van der Waals surface area contributed by atoms with Crippen LogP contribution in [-0.2, 0) is 14.6 Å². The third-order valence-electron chi connectivity index (χ3n) is 3.60. The van der Waals surface area contributed by atoms with Crippen molar-refractivity contribution in [2.75, 3.05) is 24.6 Å². The Morgan fingerprint density at radius 2 is 2.00 bits per heavy atom. The Morgan fingerprint density at radius 1 is 1.28 bits per heavy atom. The first-order valence-corrected chi connectivity index (χ1v) is 8.11. The number of hydrogen-bond acceptors (Lipinski definition) is 4. The first kappa shape index (κ1) is 13.3. The SMILES string of the molecule is CCS(=O)(=O)CCN1C(=O)[C@H]2CCCCN2C1=O. The van der Waals surface area contributed by atoms with Gasteiger partial charge in [0.25, 0.3) is 5.91 Å². The van der Waals surface area contributed by atoms with Crippen LogP contribution >= 0.6 is 0 Å². The van der Waals surface area contributed by atoms with Gasteiger partial charge in [-0.1, -0.05) is 6.92 Å². The van der Waals surface area contributed by atoms with Crippen LogP contribution in [0.4, 0.5) is 4.79 Å². The molecule has 0 bridgehead atoms. The standard InChI is InChI=1S/C11H18N2O4S/c1-2-18(16,17)8-7-13-10(14)9-5-3-4-6-12(9)11(13)15/h9H,2-8H2,1H3/t9-/m1/s1. The fraction of sp³-hybridized carbons (Fsp3) is 0.818. The number of carbonyl (C=O) groups excluding carboxylic acids is 2. The van der Waals surface area contributed by atoms with Crippen LogP contribution < -0.4 is 0 Å². The minimum atomic E-state index is -3.15. The molecule has 6 nitrogen and oxygen atoms in total. The van der Waals surface area contributed by atoms with Crippen LogP contribution in [0, 0.1) is 0 Å². The van der Waals surface area contributed by atoms with Gasteiger partial charge in [-0.25, -0.2) is 13.2 Å². The van der Waals surface area contributed by atoms with E-state index in [2.05, 4.69) is 0 Å². The predicted molar refractivity (Wildman–Crippen MR) is 65.8 cm³/mol. The first-order valence-electron chi connectivity index (χ1n) is 6.28. The largest absolute Gasteiger partial charge is 0.327 e. The summed E-state index contributed by atoms with van der Waals surface area (Å²) in [5, 5.41) is 0. The van der Waals surface area contributed by atoms with E-state index >= 15 is 0 Å². The molecular formula is C11H18N2O4S. The highest BCUT2D eigenvalue weighted by atomic mass is 32.2. The van der Waals surface area contributed by atoms with Crippen molar-refractivity contribution in [1.29, 1.82) is 0 Å². The van der Waals surface area contributed by atoms with E-state index < -0.39 is 9.84 Å². The van der Waals surface area contributed by atoms with Gasteiger partial charge in [0.05, 0.1) is 5.75 Å². The highest BCUT2D eigenvalue weighted by Gasteiger charge is 2.45. The lowest BCUT2D eigenvalue weighted by Gasteiger charge is -2.26. The number of amides is 3. The summed E-state index contributed by atoms with van der Waals surface area (Å²) in [4.78, 5) is 26.7. The molecule has 0 N–H and O–H groups in total. The van der Waals surface area contributed by atoms with Crippen LogP contribution in [-0.4, -0.2) is 60.8 Å². The fourth-order valence-corrected chi connectivity index (χ4v) is 3.18. The number of piperidine rings is 1. The van der Waals surface area contributed by atoms with Gasteiger partial charge in [0.2, 0.25) is 0 Å². The molecule has 102 valence electrons. The Labute approximate surface area is 107 Å². The molecule has 2 rings (SSSR count). The second-order valence-electron chi connectivity index (χ2n) is 4.71. The number of carbonyl (C=O) groups is 2. The molecule has 3 amide bonds. The summed E-state index contributed by atoms with van der Waals surface area (Å²) >= 11 is 0. The number of imide groups is 1. The van der Waals surface area contributed by atoms with Gasteiger partial charge < -0.3 is 4.90 Å². The van der Waals surface area contributed by atoms with Crippen LogP contribution in [0.15, 0.2) is 0 Å². The quantitative estimate of drug-likeness (QED) is 0.688. The molecule has 0 aromatic carbocycles. The number of sulfone groups is 1. The maximum atomic E-state index is 12.0. The van der Waals surface area contributed by atoms with Gasteiger partial charge >= 0.3 is 6.03 Å². The second-order valence-corrected chi connectivity index (χ2v) is 7.19. The summed E-state index contributed by atoms with van der Waals surface area (Å²) in [6.07, 6.45) is 2.56. The molecule has 2 aliphatic heterocycles. The van der Waals surface area contributed by atoms with Gasteiger partial charge in [-0.3, -0.25) is 9.69 Å². The van der Waals surface area contributed by atoms with E-state index in [1.807, 2.05) is 0 Å². The van der Waals surface area contributed by atoms with Gasteiger partial charge in [-0.05, 0) is 19.3 Å². The smallest absolute Gasteiger partial charge is 0.312 e. The molecule has 2 heterocycles. The molecule has 1 atom stereocenters. The van der Waals surface area contributed by atoms with Crippen molar-refractivity contribution < 1.29 is 18.0 Å². The summed E-state index contributed by atoms with van der Waals surface area (Å²) in [5.74, 6) is -0.330. The summed E-state index contributed by atoms with van der Waals surface area (Å²) in [5.41, 5.74) is 0. The highest BCUT2D eigenvalue weighted by molar-refractivity contribution is 7.91. The van der Waals surface area contributed by atoms with Gasteiger partial charge in [-0.2, -0.15) is 0 Å². The molecule has 0 unspecified atom stereocenters. The third-order valence-corrected chi connectivity index (χ3v) is 5.28. The Kier molecular flexibility index (Phi) is 3.61. The fourth-order valence-electron chi connectivity index (χ4n) is 2.43. The van der Waals surface area contributed by atoms with E-state index in [9.17, 15) is 18.0 Å². The molecule has 7 heteroatoms. The number of hydrogen-bond donors (Lipinski definition) is 0. The summed E-state index contributed by atoms with van der Waals surface area (Å²) < 4.78 is 22.8. The molecule has 2 aliphatic rings. The van der Waals surface area contributed by atoms with E-state index in [0.29, 0.717) is 13.0 Å². The molecule has 2 saturated heterocycles. The number of nitrogens with zero attached hydrogens (tertiary/aromatic N) is 2. The molecule has 0 radical (unpaired) electrons.